The lowest BCUT2D eigenvalue weighted by atomic mass is 9.91. The van der Waals surface area contributed by atoms with Crippen molar-refractivity contribution in [2.75, 3.05) is 7.11 Å². The molecule has 0 unspecified atom stereocenters. The number of fused-ring (bicyclic) bond motifs is 4. The van der Waals surface area contributed by atoms with Gasteiger partial charge in [-0.2, -0.15) is 0 Å². The van der Waals surface area contributed by atoms with Crippen LogP contribution in [0.4, 0.5) is 4.39 Å². The molecule has 0 saturated carbocycles. The topological polar surface area (TPSA) is 18.5 Å². The fourth-order valence-electron chi connectivity index (χ4n) is 2.88. The fraction of sp³-hybridized carbons (Fsp3) is 0.0526. The number of benzene rings is 3. The molecule has 0 aliphatic carbocycles. The molecule has 1 heterocycles. The van der Waals surface area contributed by atoms with Gasteiger partial charge in [-0.1, -0.05) is 18.7 Å². The van der Waals surface area contributed by atoms with Crippen LogP contribution in [0.2, 0.25) is 0 Å². The smallest absolute Gasteiger partial charge is 0.135 e. The molecule has 3 heteroatoms. The molecule has 0 fully saturated rings. The predicted molar refractivity (Wildman–Crippen MR) is 85.1 cm³/mol. The highest BCUT2D eigenvalue weighted by Gasteiger charge is 2.23. The molecule has 0 spiro atoms. The molecule has 0 amide bonds. The minimum Gasteiger partial charge on any atom is -0.497 e. The average Bonchev–Trinajstić information content (AvgIpc) is 2.54. The first kappa shape index (κ1) is 12.9. The van der Waals surface area contributed by atoms with Gasteiger partial charge in [0.15, 0.2) is 0 Å². The van der Waals surface area contributed by atoms with Crippen molar-refractivity contribution >= 4 is 16.3 Å². The molecule has 0 N–H and O–H groups in total. The summed E-state index contributed by atoms with van der Waals surface area (Å²) in [5.74, 6) is 1.89. The Balaban J connectivity index is 2.00. The first-order valence-corrected chi connectivity index (χ1v) is 6.95. The molecule has 0 aromatic heterocycles. The predicted octanol–water partition coefficient (Wildman–Crippen LogP) is 5.15. The third-order valence-electron chi connectivity index (χ3n) is 3.98. The molecule has 22 heavy (non-hydrogen) atoms. The van der Waals surface area contributed by atoms with Gasteiger partial charge in [0.05, 0.1) is 7.11 Å². The number of halogens is 1. The lowest BCUT2D eigenvalue weighted by molar-refractivity contribution is 0.412. The summed E-state index contributed by atoms with van der Waals surface area (Å²) in [5, 5.41) is 1.76. The summed E-state index contributed by atoms with van der Waals surface area (Å²) in [5.41, 5.74) is 2.51. The van der Waals surface area contributed by atoms with Crippen molar-refractivity contribution in [2.24, 2.45) is 0 Å². The minimum atomic E-state index is -0.273. The van der Waals surface area contributed by atoms with Crippen LogP contribution in [0.15, 0.2) is 55.1 Å². The fourth-order valence-corrected chi connectivity index (χ4v) is 2.88. The lowest BCUT2D eigenvalue weighted by Gasteiger charge is -2.24. The molecule has 4 rings (SSSR count). The Morgan fingerprint density at radius 2 is 1.77 bits per heavy atom. The van der Waals surface area contributed by atoms with E-state index in [1.165, 1.54) is 12.1 Å². The van der Waals surface area contributed by atoms with Crippen LogP contribution in [0.1, 0.15) is 11.1 Å². The molecular formula is C19H13FO2. The Morgan fingerprint density at radius 1 is 1.00 bits per heavy atom. The van der Waals surface area contributed by atoms with Crippen molar-refractivity contribution < 1.29 is 13.9 Å². The highest BCUT2D eigenvalue weighted by molar-refractivity contribution is 6.02. The monoisotopic (exact) mass is 292 g/mol. The van der Waals surface area contributed by atoms with E-state index in [1.54, 1.807) is 13.2 Å². The van der Waals surface area contributed by atoms with E-state index in [-0.39, 0.29) is 5.82 Å². The Kier molecular flexibility index (Phi) is 2.70. The second kappa shape index (κ2) is 4.60. The van der Waals surface area contributed by atoms with Crippen molar-refractivity contribution in [3.63, 3.8) is 0 Å². The summed E-state index contributed by atoms with van der Waals surface area (Å²) in [4.78, 5) is 0. The zero-order valence-corrected chi connectivity index (χ0v) is 12.0. The molecule has 1 aliphatic heterocycles. The van der Waals surface area contributed by atoms with Crippen LogP contribution in [0.25, 0.3) is 16.3 Å². The van der Waals surface area contributed by atoms with Gasteiger partial charge in [0.2, 0.25) is 0 Å². The normalized spacial score (nSPS) is 12.5. The van der Waals surface area contributed by atoms with E-state index in [4.69, 9.17) is 9.47 Å². The molecule has 2 nitrogen and oxygen atoms in total. The standard InChI is InChI=1S/C19H13FO2/c1-11-15-10-14(21-2)6-8-17(15)22-18-7-4-12-3-5-13(20)9-16(12)19(11)18/h3-10H,1H2,2H3. The Morgan fingerprint density at radius 3 is 2.59 bits per heavy atom. The van der Waals surface area contributed by atoms with E-state index in [0.717, 1.165) is 39.0 Å². The first-order valence-electron chi connectivity index (χ1n) is 6.95. The maximum Gasteiger partial charge on any atom is 0.135 e. The van der Waals surface area contributed by atoms with Gasteiger partial charge < -0.3 is 9.47 Å². The maximum atomic E-state index is 13.7. The third kappa shape index (κ3) is 1.79. The van der Waals surface area contributed by atoms with Crippen molar-refractivity contribution in [3.05, 3.63) is 72.1 Å². The summed E-state index contributed by atoms with van der Waals surface area (Å²) < 4.78 is 24.9. The van der Waals surface area contributed by atoms with Gasteiger partial charge in [0.25, 0.3) is 0 Å². The molecule has 0 saturated heterocycles. The quantitative estimate of drug-likeness (QED) is 0.483. The van der Waals surface area contributed by atoms with Crippen molar-refractivity contribution in [1.82, 2.24) is 0 Å². The summed E-state index contributed by atoms with van der Waals surface area (Å²) >= 11 is 0. The summed E-state index contributed by atoms with van der Waals surface area (Å²) in [6, 6.07) is 14.2. The van der Waals surface area contributed by atoms with Gasteiger partial charge in [0.1, 0.15) is 23.1 Å². The van der Waals surface area contributed by atoms with Gasteiger partial charge in [0, 0.05) is 11.1 Å². The first-order chi connectivity index (χ1) is 10.7. The van der Waals surface area contributed by atoms with E-state index < -0.39 is 0 Å². The largest absolute Gasteiger partial charge is 0.497 e. The Bertz CT molecular complexity index is 928. The zero-order valence-electron chi connectivity index (χ0n) is 12.0. The molecule has 108 valence electrons. The Labute approximate surface area is 127 Å². The minimum absolute atomic E-state index is 0.273. The SMILES string of the molecule is C=C1c2cc(OC)ccc2Oc2ccc3ccc(F)cc3c21. The van der Waals surface area contributed by atoms with Crippen molar-refractivity contribution in [1.29, 1.82) is 0 Å². The third-order valence-corrected chi connectivity index (χ3v) is 3.98. The van der Waals surface area contributed by atoms with E-state index in [9.17, 15) is 4.39 Å². The van der Waals surface area contributed by atoms with Gasteiger partial charge in [-0.15, -0.1) is 0 Å². The van der Waals surface area contributed by atoms with Crippen LogP contribution in [0.3, 0.4) is 0 Å². The lowest BCUT2D eigenvalue weighted by Crippen LogP contribution is -2.03. The summed E-state index contributed by atoms with van der Waals surface area (Å²) in [6.07, 6.45) is 0. The number of hydrogen-bond donors (Lipinski definition) is 0. The van der Waals surface area contributed by atoms with Crippen LogP contribution < -0.4 is 9.47 Å². The number of ether oxygens (including phenoxy) is 2. The van der Waals surface area contributed by atoms with E-state index >= 15 is 0 Å². The second-order valence-corrected chi connectivity index (χ2v) is 5.25. The molecular weight excluding hydrogens is 279 g/mol. The van der Waals surface area contributed by atoms with Crippen molar-refractivity contribution in [2.45, 2.75) is 0 Å². The molecule has 0 radical (unpaired) electrons. The van der Waals surface area contributed by atoms with E-state index in [1.807, 2.05) is 30.3 Å². The van der Waals surface area contributed by atoms with E-state index in [2.05, 4.69) is 6.58 Å². The highest BCUT2D eigenvalue weighted by Crippen LogP contribution is 2.46. The van der Waals surface area contributed by atoms with Gasteiger partial charge in [-0.05, 0) is 52.7 Å². The van der Waals surface area contributed by atoms with Crippen molar-refractivity contribution in [3.8, 4) is 17.2 Å². The van der Waals surface area contributed by atoms with Crippen LogP contribution in [0, 0.1) is 5.82 Å². The van der Waals surface area contributed by atoms with Crippen LogP contribution in [-0.2, 0) is 0 Å². The molecule has 3 aromatic carbocycles. The molecule has 0 bridgehead atoms. The summed E-state index contributed by atoms with van der Waals surface area (Å²) in [6.45, 7) is 4.19. The van der Waals surface area contributed by atoms with Crippen LogP contribution >= 0.6 is 0 Å². The van der Waals surface area contributed by atoms with E-state index in [0.29, 0.717) is 5.75 Å². The Hall–Kier alpha value is -2.81. The molecule has 0 atom stereocenters. The van der Waals surface area contributed by atoms with Crippen LogP contribution in [0.5, 0.6) is 17.2 Å². The van der Waals surface area contributed by atoms with Gasteiger partial charge in [-0.3, -0.25) is 0 Å². The number of rotatable bonds is 1. The molecule has 3 aromatic rings. The van der Waals surface area contributed by atoms with Crippen LogP contribution in [-0.4, -0.2) is 7.11 Å². The average molecular weight is 292 g/mol. The van der Waals surface area contributed by atoms with Gasteiger partial charge >= 0.3 is 0 Å². The summed E-state index contributed by atoms with van der Waals surface area (Å²) in [7, 11) is 1.62. The number of hydrogen-bond acceptors (Lipinski definition) is 2. The molecule has 1 aliphatic rings. The maximum absolute atomic E-state index is 13.7. The highest BCUT2D eigenvalue weighted by atomic mass is 19.1. The van der Waals surface area contributed by atoms with Gasteiger partial charge in [-0.25, -0.2) is 4.39 Å². The number of methoxy groups -OCH3 is 1. The second-order valence-electron chi connectivity index (χ2n) is 5.25. The zero-order chi connectivity index (χ0) is 15.3.